The smallest absolute Gasteiger partial charge is 0.225 e. The van der Waals surface area contributed by atoms with Crippen molar-refractivity contribution in [2.45, 2.75) is 38.5 Å². The maximum atomic E-state index is 12.3. The molecule has 1 aromatic carbocycles. The van der Waals surface area contributed by atoms with Crippen LogP contribution >= 0.6 is 0 Å². The van der Waals surface area contributed by atoms with Crippen molar-refractivity contribution < 1.29 is 14.3 Å². The first-order chi connectivity index (χ1) is 13.7. The Labute approximate surface area is 166 Å². The lowest BCUT2D eigenvalue weighted by atomic mass is 10.1. The third-order valence-corrected chi connectivity index (χ3v) is 5.08. The Hall–Kier alpha value is -2.76. The van der Waals surface area contributed by atoms with Crippen LogP contribution in [0.1, 0.15) is 37.7 Å². The zero-order valence-electron chi connectivity index (χ0n) is 16.7. The second kappa shape index (κ2) is 9.97. The Morgan fingerprint density at radius 1 is 1.04 bits per heavy atom. The minimum atomic E-state index is -0.0511. The summed E-state index contributed by atoms with van der Waals surface area (Å²) < 4.78 is 10.5. The van der Waals surface area contributed by atoms with Gasteiger partial charge in [0.25, 0.3) is 0 Å². The van der Waals surface area contributed by atoms with E-state index < -0.39 is 0 Å². The number of amides is 1. The van der Waals surface area contributed by atoms with E-state index in [9.17, 15) is 4.79 Å². The molecule has 0 spiro atoms. The van der Waals surface area contributed by atoms with E-state index in [1.807, 2.05) is 36.5 Å². The minimum absolute atomic E-state index is 0.0511. The number of carbonyl (C=O) groups is 1. The molecule has 1 N–H and O–H groups in total. The number of carbonyl (C=O) groups excluding carboxylic acids is 1. The van der Waals surface area contributed by atoms with Crippen molar-refractivity contribution in [3.63, 3.8) is 0 Å². The molecule has 150 valence electrons. The molecule has 1 fully saturated rings. The van der Waals surface area contributed by atoms with Gasteiger partial charge in [-0.05, 0) is 49.1 Å². The number of nitrogens with zero attached hydrogens (tertiary/aromatic N) is 2. The van der Waals surface area contributed by atoms with Gasteiger partial charge in [0.05, 0.1) is 26.1 Å². The van der Waals surface area contributed by atoms with Gasteiger partial charge in [-0.1, -0.05) is 18.9 Å². The highest BCUT2D eigenvalue weighted by atomic mass is 16.5. The molecule has 2 aromatic rings. The number of hydrogen-bond donors (Lipinski definition) is 1. The fraction of sp³-hybridized carbons (Fsp3) is 0.455. The standard InChI is InChI=1S/C22H29N3O3/c1-27-19-10-7-17(15-20(19)28-2)8-12-22(26)24-21-11-9-18(16-23-21)25-13-5-3-4-6-14-25/h7,9-11,15-16H,3-6,8,12-14H2,1-2H3,(H,23,24,26). The average molecular weight is 383 g/mol. The zero-order valence-corrected chi connectivity index (χ0v) is 16.7. The van der Waals surface area contributed by atoms with Gasteiger partial charge in [0.2, 0.25) is 5.91 Å². The molecular weight excluding hydrogens is 354 g/mol. The van der Waals surface area contributed by atoms with Crippen LogP contribution in [0.2, 0.25) is 0 Å². The molecule has 0 unspecified atom stereocenters. The molecule has 28 heavy (non-hydrogen) atoms. The minimum Gasteiger partial charge on any atom is -0.493 e. The lowest BCUT2D eigenvalue weighted by molar-refractivity contribution is -0.116. The maximum Gasteiger partial charge on any atom is 0.225 e. The van der Waals surface area contributed by atoms with Crippen molar-refractivity contribution in [2.75, 3.05) is 37.5 Å². The number of benzene rings is 1. The van der Waals surface area contributed by atoms with Crippen molar-refractivity contribution in [2.24, 2.45) is 0 Å². The maximum absolute atomic E-state index is 12.3. The Kier molecular flexibility index (Phi) is 7.12. The molecule has 0 bridgehead atoms. The van der Waals surface area contributed by atoms with Crippen LogP contribution in [0.25, 0.3) is 0 Å². The van der Waals surface area contributed by atoms with Gasteiger partial charge in [0.1, 0.15) is 5.82 Å². The summed E-state index contributed by atoms with van der Waals surface area (Å²) >= 11 is 0. The van der Waals surface area contributed by atoms with Gasteiger partial charge in [-0.3, -0.25) is 4.79 Å². The number of aromatic nitrogens is 1. The van der Waals surface area contributed by atoms with Crippen molar-refractivity contribution >= 4 is 17.4 Å². The van der Waals surface area contributed by atoms with Crippen molar-refractivity contribution in [1.82, 2.24) is 4.98 Å². The summed E-state index contributed by atoms with van der Waals surface area (Å²) in [6.45, 7) is 2.16. The monoisotopic (exact) mass is 383 g/mol. The van der Waals surface area contributed by atoms with Crippen LogP contribution in [0.5, 0.6) is 11.5 Å². The van der Waals surface area contributed by atoms with E-state index in [2.05, 4.69) is 15.2 Å². The molecule has 0 aliphatic carbocycles. The Balaban J connectivity index is 1.52. The zero-order chi connectivity index (χ0) is 19.8. The fourth-order valence-electron chi connectivity index (χ4n) is 3.48. The summed E-state index contributed by atoms with van der Waals surface area (Å²) in [5.74, 6) is 1.90. The van der Waals surface area contributed by atoms with Crippen LogP contribution in [0.15, 0.2) is 36.5 Å². The number of pyridine rings is 1. The van der Waals surface area contributed by atoms with Gasteiger partial charge >= 0.3 is 0 Å². The van der Waals surface area contributed by atoms with Crippen LogP contribution in [0.3, 0.4) is 0 Å². The highest BCUT2D eigenvalue weighted by molar-refractivity contribution is 5.90. The molecule has 1 aromatic heterocycles. The lowest BCUT2D eigenvalue weighted by Crippen LogP contribution is -2.24. The number of rotatable bonds is 7. The number of anilines is 2. The second-order valence-corrected chi connectivity index (χ2v) is 7.04. The molecule has 1 aliphatic heterocycles. The molecule has 6 heteroatoms. The number of ether oxygens (including phenoxy) is 2. The van der Waals surface area contributed by atoms with Gasteiger partial charge in [-0.25, -0.2) is 4.98 Å². The number of methoxy groups -OCH3 is 2. The van der Waals surface area contributed by atoms with E-state index >= 15 is 0 Å². The lowest BCUT2D eigenvalue weighted by Gasteiger charge is -2.22. The number of nitrogens with one attached hydrogen (secondary N) is 1. The largest absolute Gasteiger partial charge is 0.493 e. The summed E-state index contributed by atoms with van der Waals surface area (Å²) in [5.41, 5.74) is 2.16. The van der Waals surface area contributed by atoms with Crippen LogP contribution < -0.4 is 19.7 Å². The van der Waals surface area contributed by atoms with E-state index in [-0.39, 0.29) is 5.91 Å². The SMILES string of the molecule is COc1ccc(CCC(=O)Nc2ccc(N3CCCCCC3)cn2)cc1OC. The van der Waals surface area contributed by atoms with Gasteiger partial charge in [0.15, 0.2) is 11.5 Å². The Bertz CT molecular complexity index is 769. The van der Waals surface area contributed by atoms with Crippen molar-refractivity contribution in [3.8, 4) is 11.5 Å². The predicted molar refractivity (Wildman–Crippen MR) is 111 cm³/mol. The fourth-order valence-corrected chi connectivity index (χ4v) is 3.48. The molecular formula is C22H29N3O3. The van der Waals surface area contributed by atoms with Crippen LogP contribution in [-0.4, -0.2) is 38.2 Å². The molecule has 2 heterocycles. The van der Waals surface area contributed by atoms with Crippen molar-refractivity contribution in [1.29, 1.82) is 0 Å². The van der Waals surface area contributed by atoms with Crippen LogP contribution in [-0.2, 0) is 11.2 Å². The highest BCUT2D eigenvalue weighted by Gasteiger charge is 2.11. The van der Waals surface area contributed by atoms with Gasteiger partial charge in [-0.15, -0.1) is 0 Å². The number of hydrogen-bond acceptors (Lipinski definition) is 5. The second-order valence-electron chi connectivity index (χ2n) is 7.04. The third-order valence-electron chi connectivity index (χ3n) is 5.08. The van der Waals surface area contributed by atoms with Crippen molar-refractivity contribution in [3.05, 3.63) is 42.1 Å². The van der Waals surface area contributed by atoms with Gasteiger partial charge in [-0.2, -0.15) is 0 Å². The van der Waals surface area contributed by atoms with Crippen LogP contribution in [0, 0.1) is 0 Å². The third kappa shape index (κ3) is 5.38. The van der Waals surface area contributed by atoms with E-state index in [4.69, 9.17) is 9.47 Å². The Morgan fingerprint density at radius 2 is 1.79 bits per heavy atom. The summed E-state index contributed by atoms with van der Waals surface area (Å²) in [6.07, 6.45) is 7.93. The van der Waals surface area contributed by atoms with E-state index in [1.165, 1.54) is 25.7 Å². The predicted octanol–water partition coefficient (Wildman–Crippen LogP) is 4.05. The molecule has 1 saturated heterocycles. The Morgan fingerprint density at radius 3 is 2.43 bits per heavy atom. The molecule has 6 nitrogen and oxygen atoms in total. The quantitative estimate of drug-likeness (QED) is 0.781. The summed E-state index contributed by atoms with van der Waals surface area (Å²) in [4.78, 5) is 19.1. The number of aryl methyl sites for hydroxylation is 1. The van der Waals surface area contributed by atoms with E-state index in [0.717, 1.165) is 24.3 Å². The normalized spacial score (nSPS) is 14.3. The van der Waals surface area contributed by atoms with Crippen LogP contribution in [0.4, 0.5) is 11.5 Å². The molecule has 0 saturated carbocycles. The van der Waals surface area contributed by atoms with E-state index in [0.29, 0.717) is 30.2 Å². The molecule has 1 aliphatic rings. The first-order valence-electron chi connectivity index (χ1n) is 9.91. The molecule has 3 rings (SSSR count). The summed E-state index contributed by atoms with van der Waals surface area (Å²) in [5, 5.41) is 2.88. The van der Waals surface area contributed by atoms with Gasteiger partial charge < -0.3 is 19.7 Å². The molecule has 0 radical (unpaired) electrons. The first kappa shape index (κ1) is 20.0. The highest BCUT2D eigenvalue weighted by Crippen LogP contribution is 2.28. The average Bonchev–Trinajstić information content (AvgIpc) is 3.02. The first-order valence-corrected chi connectivity index (χ1v) is 9.91. The molecule has 1 amide bonds. The van der Waals surface area contributed by atoms with Gasteiger partial charge in [0, 0.05) is 19.5 Å². The molecule has 0 atom stereocenters. The van der Waals surface area contributed by atoms with E-state index in [1.54, 1.807) is 14.2 Å². The summed E-state index contributed by atoms with van der Waals surface area (Å²) in [6, 6.07) is 9.63. The summed E-state index contributed by atoms with van der Waals surface area (Å²) in [7, 11) is 3.21. The topological polar surface area (TPSA) is 63.7 Å².